The standard InChI is InChI=1S/4ClH.K.Pd/h4*1H;;/q;;;;;+4/p-4. The second kappa shape index (κ2) is 5.26. The summed E-state index contributed by atoms with van der Waals surface area (Å²) in [6, 6.07) is 0. The molecule has 0 rings (SSSR count). The van der Waals surface area contributed by atoms with Crippen molar-refractivity contribution in [2.24, 2.45) is 0 Å². The van der Waals surface area contributed by atoms with Gasteiger partial charge in [0.15, 0.2) is 0 Å². The molecule has 0 aromatic rings. The van der Waals surface area contributed by atoms with Crippen molar-refractivity contribution < 1.29 is 11.5 Å². The average Bonchev–Trinajstić information content (AvgIpc) is 0.722. The monoisotopic (exact) mass is 285 g/mol. The third-order valence-corrected chi connectivity index (χ3v) is 0. The Morgan fingerprint density at radius 1 is 0.833 bits per heavy atom. The first-order chi connectivity index (χ1) is 2.00. The van der Waals surface area contributed by atoms with Gasteiger partial charge in [0.1, 0.15) is 0 Å². The largest absolute Gasteiger partial charge is 0 e. The molecular formula is Cl4KPd. The number of hydrogen-bond acceptors (Lipinski definition) is 0. The van der Waals surface area contributed by atoms with Crippen molar-refractivity contribution in [3.8, 4) is 0 Å². The van der Waals surface area contributed by atoms with Crippen molar-refractivity contribution in [1.29, 1.82) is 0 Å². The van der Waals surface area contributed by atoms with Crippen LogP contribution in [-0.2, 0) is 11.5 Å². The molecule has 1 radical (unpaired) electrons. The first kappa shape index (κ1) is 12.2. The number of halogens is 4. The zero-order valence-electron chi connectivity index (χ0n) is 2.83. The predicted octanol–water partition coefficient (Wildman–Crippen LogP) is 2.37. The molecular weight excluding hydrogens is 287 g/mol. The summed E-state index contributed by atoms with van der Waals surface area (Å²) in [7, 11) is 19.9. The molecule has 0 saturated heterocycles. The summed E-state index contributed by atoms with van der Waals surface area (Å²) in [5.74, 6) is 0. The van der Waals surface area contributed by atoms with E-state index in [9.17, 15) is 0 Å². The van der Waals surface area contributed by atoms with Gasteiger partial charge in [-0.15, -0.1) is 0 Å². The summed E-state index contributed by atoms with van der Waals surface area (Å²) in [6.07, 6.45) is 0. The molecule has 0 fully saturated rings. The van der Waals surface area contributed by atoms with Gasteiger partial charge in [-0.05, 0) is 0 Å². The van der Waals surface area contributed by atoms with Crippen LogP contribution in [-0.4, -0.2) is 51.4 Å². The van der Waals surface area contributed by atoms with Crippen molar-refractivity contribution >= 4 is 89.5 Å². The van der Waals surface area contributed by atoms with Gasteiger partial charge >= 0.3 is 49.6 Å². The van der Waals surface area contributed by atoms with Gasteiger partial charge in [0, 0.05) is 51.4 Å². The van der Waals surface area contributed by atoms with Gasteiger partial charge < -0.3 is 0 Å². The first-order valence-corrected chi connectivity index (χ1v) is 8.49. The second-order valence-corrected chi connectivity index (χ2v) is 14.4. The van der Waals surface area contributed by atoms with Crippen LogP contribution >= 0.6 is 38.1 Å². The molecule has 39 valence electrons. The Bertz CT molecular complexity index is 23.0. The van der Waals surface area contributed by atoms with E-state index in [0.717, 1.165) is 0 Å². The second-order valence-electron chi connectivity index (χ2n) is 0.271. The molecule has 6 heteroatoms. The van der Waals surface area contributed by atoms with Gasteiger partial charge in [0.2, 0.25) is 0 Å². The molecule has 0 amide bonds. The molecule has 0 aliphatic heterocycles. The molecule has 0 heterocycles. The van der Waals surface area contributed by atoms with E-state index in [-0.39, 0.29) is 51.4 Å². The third-order valence-electron chi connectivity index (χ3n) is 0. The van der Waals surface area contributed by atoms with Crippen LogP contribution in [0, 0.1) is 0 Å². The van der Waals surface area contributed by atoms with Crippen LogP contribution in [0.3, 0.4) is 0 Å². The fourth-order valence-electron chi connectivity index (χ4n) is 0. The Hall–Kier alpha value is 3.46. The maximum absolute atomic E-state index is 4.98. The topological polar surface area (TPSA) is 0 Å². The smallest absolute Gasteiger partial charge is 0 e. The molecule has 0 atom stereocenters. The predicted molar refractivity (Wildman–Crippen MR) is 29.2 cm³/mol. The van der Waals surface area contributed by atoms with Crippen LogP contribution in [0.15, 0.2) is 0 Å². The van der Waals surface area contributed by atoms with Crippen LogP contribution in [0.4, 0.5) is 0 Å². The molecule has 0 spiro atoms. The number of rotatable bonds is 0. The van der Waals surface area contributed by atoms with Crippen molar-refractivity contribution in [3.05, 3.63) is 0 Å². The van der Waals surface area contributed by atoms with Crippen molar-refractivity contribution in [2.45, 2.75) is 0 Å². The van der Waals surface area contributed by atoms with Gasteiger partial charge in [-0.2, -0.15) is 0 Å². The van der Waals surface area contributed by atoms with Crippen LogP contribution in [0.5, 0.6) is 0 Å². The van der Waals surface area contributed by atoms with E-state index in [4.69, 9.17) is 38.1 Å². The summed E-state index contributed by atoms with van der Waals surface area (Å²) in [4.78, 5) is 0. The molecule has 0 aliphatic rings. The van der Waals surface area contributed by atoms with E-state index in [1.807, 2.05) is 0 Å². The third kappa shape index (κ3) is 26.0. The molecule has 0 nitrogen and oxygen atoms in total. The fraction of sp³-hybridized carbons (Fsp3) is 0. The van der Waals surface area contributed by atoms with Gasteiger partial charge in [-0.25, -0.2) is 0 Å². The quantitative estimate of drug-likeness (QED) is 0.600. The van der Waals surface area contributed by atoms with E-state index < -0.39 is 11.5 Å². The SMILES string of the molecule is [Cl][Pd]([Cl])([Cl])[Cl].[K]. The Morgan fingerprint density at radius 3 is 0.833 bits per heavy atom. The number of hydrogen-bond donors (Lipinski definition) is 0. The molecule has 0 aromatic carbocycles. The molecule has 0 saturated carbocycles. The van der Waals surface area contributed by atoms with Crippen LogP contribution < -0.4 is 0 Å². The minimum atomic E-state index is -2.81. The van der Waals surface area contributed by atoms with E-state index in [0.29, 0.717) is 0 Å². The van der Waals surface area contributed by atoms with Crippen LogP contribution in [0.1, 0.15) is 0 Å². The molecule has 6 heavy (non-hydrogen) atoms. The molecule has 0 bridgehead atoms. The van der Waals surface area contributed by atoms with Gasteiger partial charge in [0.25, 0.3) is 0 Å². The zero-order chi connectivity index (χ0) is 4.50. The van der Waals surface area contributed by atoms with Crippen molar-refractivity contribution in [1.82, 2.24) is 0 Å². The fourth-order valence-corrected chi connectivity index (χ4v) is 0. The van der Waals surface area contributed by atoms with Gasteiger partial charge in [-0.3, -0.25) is 0 Å². The molecule has 0 aromatic heterocycles. The minimum absolute atomic E-state index is 0. The molecule has 0 aliphatic carbocycles. The van der Waals surface area contributed by atoms with E-state index in [1.165, 1.54) is 0 Å². The van der Waals surface area contributed by atoms with Gasteiger partial charge in [0.05, 0.1) is 0 Å². The van der Waals surface area contributed by atoms with E-state index in [1.54, 1.807) is 0 Å². The summed E-state index contributed by atoms with van der Waals surface area (Å²) in [6.45, 7) is 0. The van der Waals surface area contributed by atoms with E-state index in [2.05, 4.69) is 0 Å². The van der Waals surface area contributed by atoms with Crippen LogP contribution in [0.2, 0.25) is 0 Å². The van der Waals surface area contributed by atoms with E-state index >= 15 is 0 Å². The Labute approximate surface area is 98.2 Å². The summed E-state index contributed by atoms with van der Waals surface area (Å²) in [5, 5.41) is 0. The normalized spacial score (nSPS) is 12.7. The summed E-state index contributed by atoms with van der Waals surface area (Å²) >= 11 is -2.81. The first-order valence-electron chi connectivity index (χ1n) is 0.478. The summed E-state index contributed by atoms with van der Waals surface area (Å²) < 4.78 is 0. The summed E-state index contributed by atoms with van der Waals surface area (Å²) in [5.41, 5.74) is 0. The van der Waals surface area contributed by atoms with Crippen molar-refractivity contribution in [2.75, 3.05) is 0 Å². The van der Waals surface area contributed by atoms with Crippen LogP contribution in [0.25, 0.3) is 0 Å². The van der Waals surface area contributed by atoms with Gasteiger partial charge in [-0.1, -0.05) is 0 Å². The molecule has 0 unspecified atom stereocenters. The van der Waals surface area contributed by atoms with Crippen molar-refractivity contribution in [3.63, 3.8) is 0 Å². The maximum atomic E-state index is 4.98. The zero-order valence-corrected chi connectivity index (χ0v) is 10.5. The Balaban J connectivity index is 0. The minimum Gasteiger partial charge on any atom is 0 e. The Morgan fingerprint density at radius 2 is 0.833 bits per heavy atom. The Kier molecular flexibility index (Phi) is 10.7. The maximum Gasteiger partial charge on any atom is 0 e. The molecule has 0 N–H and O–H groups in total. The average molecular weight is 287 g/mol.